The Morgan fingerprint density at radius 3 is 2.65 bits per heavy atom. The van der Waals surface area contributed by atoms with Crippen LogP contribution in [0.1, 0.15) is 50.2 Å². The van der Waals surface area contributed by atoms with Crippen LogP contribution in [0.25, 0.3) is 10.9 Å². The lowest BCUT2D eigenvalue weighted by Crippen LogP contribution is -2.39. The van der Waals surface area contributed by atoms with Crippen LogP contribution in [0.3, 0.4) is 0 Å². The van der Waals surface area contributed by atoms with Crippen LogP contribution in [0.5, 0.6) is 0 Å². The van der Waals surface area contributed by atoms with Gasteiger partial charge in [-0.2, -0.15) is 5.10 Å². The molecule has 3 nitrogen and oxygen atoms in total. The Hall–Kier alpha value is -1.06. The quantitative estimate of drug-likeness (QED) is 0.870. The molecule has 0 radical (unpaired) electrons. The summed E-state index contributed by atoms with van der Waals surface area (Å²) in [6.45, 7) is 0. The molecule has 1 heterocycles. The Bertz CT molecular complexity index is 629. The largest absolute Gasteiger partial charge is 0.388 e. The highest BCUT2D eigenvalue weighted by molar-refractivity contribution is 6.31. The highest BCUT2D eigenvalue weighted by Crippen LogP contribution is 2.56. The number of aliphatic hydroxyl groups is 1. The lowest BCUT2D eigenvalue weighted by atomic mass is 9.57. The molecule has 106 valence electrons. The van der Waals surface area contributed by atoms with Crippen molar-refractivity contribution < 1.29 is 5.11 Å². The number of fused-ring (bicyclic) bond motifs is 4. The van der Waals surface area contributed by atoms with Gasteiger partial charge in [0.25, 0.3) is 0 Å². The molecule has 2 bridgehead atoms. The fraction of sp³-hybridized carbons (Fsp3) is 0.562. The van der Waals surface area contributed by atoms with E-state index in [1.165, 1.54) is 19.3 Å². The van der Waals surface area contributed by atoms with Crippen molar-refractivity contribution in [2.24, 2.45) is 11.3 Å². The number of rotatable bonds is 2. The standard InChI is InChI=1S/C16H19ClN2O/c17-12-7-11-9-18-19-14(11)13(8-12)15(20)16-4-1-10(2-5-16)3-6-16/h7-10,15,20H,1-6H2,(H,18,19). The maximum atomic E-state index is 11.1. The topological polar surface area (TPSA) is 48.9 Å². The molecule has 1 atom stereocenters. The number of halogens is 1. The van der Waals surface area contributed by atoms with E-state index < -0.39 is 6.10 Å². The van der Waals surface area contributed by atoms with Crippen molar-refractivity contribution in [3.05, 3.63) is 28.9 Å². The molecule has 0 saturated heterocycles. The monoisotopic (exact) mass is 290 g/mol. The summed E-state index contributed by atoms with van der Waals surface area (Å²) >= 11 is 6.21. The number of nitrogens with zero attached hydrogens (tertiary/aromatic N) is 1. The molecule has 1 unspecified atom stereocenters. The highest BCUT2D eigenvalue weighted by Gasteiger charge is 2.46. The fourth-order valence-corrected chi connectivity index (χ4v) is 4.52. The smallest absolute Gasteiger partial charge is 0.0867 e. The van der Waals surface area contributed by atoms with Crippen LogP contribution >= 0.6 is 11.6 Å². The van der Waals surface area contributed by atoms with Crippen molar-refractivity contribution in [2.75, 3.05) is 0 Å². The average molecular weight is 291 g/mol. The van der Waals surface area contributed by atoms with Gasteiger partial charge < -0.3 is 5.11 Å². The molecular formula is C16H19ClN2O. The minimum Gasteiger partial charge on any atom is -0.388 e. The first-order chi connectivity index (χ1) is 9.68. The summed E-state index contributed by atoms with van der Waals surface area (Å²) in [6, 6.07) is 3.80. The van der Waals surface area contributed by atoms with Crippen LogP contribution < -0.4 is 0 Å². The Kier molecular flexibility index (Phi) is 2.83. The normalized spacial score (nSPS) is 30.8. The first-order valence-corrected chi connectivity index (χ1v) is 7.86. The molecule has 3 fully saturated rings. The van der Waals surface area contributed by atoms with Gasteiger partial charge in [0.05, 0.1) is 17.8 Å². The molecule has 3 saturated carbocycles. The molecule has 0 amide bonds. The van der Waals surface area contributed by atoms with Gasteiger partial charge in [-0.25, -0.2) is 0 Å². The van der Waals surface area contributed by atoms with Gasteiger partial charge in [-0.3, -0.25) is 5.10 Å². The molecule has 4 heteroatoms. The van der Waals surface area contributed by atoms with Crippen molar-refractivity contribution in [3.63, 3.8) is 0 Å². The van der Waals surface area contributed by atoms with E-state index in [-0.39, 0.29) is 5.41 Å². The SMILES string of the molecule is OC(c1cc(Cl)cc2cn[nH]c12)C12CCC(CC1)CC2. The number of nitrogens with one attached hydrogen (secondary N) is 1. The van der Waals surface area contributed by atoms with E-state index in [1.54, 1.807) is 6.20 Å². The van der Waals surface area contributed by atoms with Crippen molar-refractivity contribution in [3.8, 4) is 0 Å². The molecule has 3 aliphatic rings. The maximum absolute atomic E-state index is 11.1. The van der Waals surface area contributed by atoms with Gasteiger partial charge in [0, 0.05) is 21.4 Å². The predicted octanol–water partition coefficient (Wildman–Crippen LogP) is 4.22. The van der Waals surface area contributed by atoms with Crippen LogP contribution in [0, 0.1) is 11.3 Å². The second-order valence-electron chi connectivity index (χ2n) is 6.58. The molecule has 20 heavy (non-hydrogen) atoms. The van der Waals surface area contributed by atoms with E-state index in [4.69, 9.17) is 11.6 Å². The number of hydrogen-bond donors (Lipinski definition) is 2. The van der Waals surface area contributed by atoms with Gasteiger partial charge >= 0.3 is 0 Å². The zero-order valence-corrected chi connectivity index (χ0v) is 12.2. The van der Waals surface area contributed by atoms with Crippen molar-refractivity contribution in [2.45, 2.75) is 44.6 Å². The van der Waals surface area contributed by atoms with Gasteiger partial charge in [-0.05, 0) is 56.6 Å². The number of H-pyrrole nitrogens is 1. The van der Waals surface area contributed by atoms with Crippen LogP contribution in [-0.4, -0.2) is 15.3 Å². The van der Waals surface area contributed by atoms with Crippen molar-refractivity contribution in [1.82, 2.24) is 10.2 Å². The van der Waals surface area contributed by atoms with E-state index in [2.05, 4.69) is 10.2 Å². The first kappa shape index (κ1) is 12.7. The molecule has 2 aromatic rings. The maximum Gasteiger partial charge on any atom is 0.0867 e. The van der Waals surface area contributed by atoms with Crippen LogP contribution in [0.2, 0.25) is 5.02 Å². The lowest BCUT2D eigenvalue weighted by molar-refractivity contribution is -0.0550. The minimum atomic E-state index is -0.439. The number of aromatic amines is 1. The molecular weight excluding hydrogens is 272 g/mol. The van der Waals surface area contributed by atoms with Crippen LogP contribution in [-0.2, 0) is 0 Å². The summed E-state index contributed by atoms with van der Waals surface area (Å²) < 4.78 is 0. The van der Waals surface area contributed by atoms with Gasteiger partial charge in [-0.15, -0.1) is 0 Å². The molecule has 0 spiro atoms. The Morgan fingerprint density at radius 2 is 1.95 bits per heavy atom. The average Bonchev–Trinajstić information content (AvgIpc) is 2.95. The van der Waals surface area contributed by atoms with E-state index in [0.717, 1.165) is 41.6 Å². The summed E-state index contributed by atoms with van der Waals surface area (Å²) in [5.41, 5.74) is 1.91. The van der Waals surface area contributed by atoms with E-state index in [0.29, 0.717) is 5.02 Å². The number of hydrogen-bond acceptors (Lipinski definition) is 2. The third-order valence-electron chi connectivity index (χ3n) is 5.57. The summed E-state index contributed by atoms with van der Waals surface area (Å²) in [4.78, 5) is 0. The van der Waals surface area contributed by atoms with Gasteiger partial charge in [0.2, 0.25) is 0 Å². The second-order valence-corrected chi connectivity index (χ2v) is 7.01. The van der Waals surface area contributed by atoms with Crippen molar-refractivity contribution >= 4 is 22.5 Å². The van der Waals surface area contributed by atoms with Gasteiger partial charge in [0.15, 0.2) is 0 Å². The zero-order chi connectivity index (χ0) is 13.7. The van der Waals surface area contributed by atoms with Crippen LogP contribution in [0.15, 0.2) is 18.3 Å². The van der Waals surface area contributed by atoms with E-state index in [9.17, 15) is 5.11 Å². The lowest BCUT2D eigenvalue weighted by Gasteiger charge is -2.49. The first-order valence-electron chi connectivity index (χ1n) is 7.49. The summed E-state index contributed by atoms with van der Waals surface area (Å²) in [7, 11) is 0. The molecule has 1 aromatic heterocycles. The summed E-state index contributed by atoms with van der Waals surface area (Å²) in [5, 5.41) is 19.8. The Balaban J connectivity index is 1.80. The second kappa shape index (κ2) is 4.47. The minimum absolute atomic E-state index is 0.0530. The summed E-state index contributed by atoms with van der Waals surface area (Å²) in [5.74, 6) is 0.899. The third-order valence-corrected chi connectivity index (χ3v) is 5.79. The number of aromatic nitrogens is 2. The van der Waals surface area contributed by atoms with Gasteiger partial charge in [0.1, 0.15) is 0 Å². The molecule has 1 aromatic carbocycles. The number of benzene rings is 1. The molecule has 5 rings (SSSR count). The zero-order valence-electron chi connectivity index (χ0n) is 11.4. The van der Waals surface area contributed by atoms with E-state index in [1.807, 2.05) is 12.1 Å². The molecule has 3 aliphatic carbocycles. The highest BCUT2D eigenvalue weighted by atomic mass is 35.5. The Labute approximate surface area is 123 Å². The third kappa shape index (κ3) is 1.80. The fourth-order valence-electron chi connectivity index (χ4n) is 4.29. The number of aliphatic hydroxyl groups excluding tert-OH is 1. The van der Waals surface area contributed by atoms with Gasteiger partial charge in [-0.1, -0.05) is 11.6 Å². The summed E-state index contributed by atoms with van der Waals surface area (Å²) in [6.07, 6.45) is 8.55. The predicted molar refractivity (Wildman–Crippen MR) is 79.7 cm³/mol. The molecule has 2 N–H and O–H groups in total. The van der Waals surface area contributed by atoms with Crippen LogP contribution in [0.4, 0.5) is 0 Å². The van der Waals surface area contributed by atoms with E-state index >= 15 is 0 Å². The Morgan fingerprint density at radius 1 is 1.25 bits per heavy atom. The van der Waals surface area contributed by atoms with Crippen molar-refractivity contribution in [1.29, 1.82) is 0 Å². The molecule has 0 aliphatic heterocycles.